The highest BCUT2D eigenvalue weighted by Gasteiger charge is 2.27. The molecule has 0 bridgehead atoms. The summed E-state index contributed by atoms with van der Waals surface area (Å²) >= 11 is 0. The second-order valence-electron chi connectivity index (χ2n) is 4.22. The second-order valence-corrected chi connectivity index (χ2v) is 4.22. The predicted octanol–water partition coefficient (Wildman–Crippen LogP) is 3.44. The second kappa shape index (κ2) is 2.35. The maximum atomic E-state index is 2.44. The standard InChI is InChI=1S/C12H14/c1-2-11(9-4-5-9)8-12(3-1)10-6-7-10/h1-3,8-10H,4-7H2. The molecular weight excluding hydrogens is 144 g/mol. The highest BCUT2D eigenvalue weighted by atomic mass is 14.3. The third-order valence-corrected chi connectivity index (χ3v) is 3.01. The fraction of sp³-hybridized carbons (Fsp3) is 0.500. The van der Waals surface area contributed by atoms with Crippen LogP contribution in [0.1, 0.15) is 48.6 Å². The van der Waals surface area contributed by atoms with Crippen LogP contribution in [-0.2, 0) is 0 Å². The first kappa shape index (κ1) is 6.71. The third-order valence-electron chi connectivity index (χ3n) is 3.01. The first-order valence-corrected chi connectivity index (χ1v) is 5.03. The molecule has 2 aliphatic carbocycles. The number of hydrogen-bond acceptors (Lipinski definition) is 0. The zero-order chi connectivity index (χ0) is 7.97. The lowest BCUT2D eigenvalue weighted by Gasteiger charge is -2.01. The van der Waals surface area contributed by atoms with E-state index in [2.05, 4.69) is 24.3 Å². The SMILES string of the molecule is c1cc(C2CC2)cc(C2CC2)c1. The van der Waals surface area contributed by atoms with Crippen molar-refractivity contribution >= 4 is 0 Å². The Morgan fingerprint density at radius 2 is 1.33 bits per heavy atom. The van der Waals surface area contributed by atoms with Crippen molar-refractivity contribution < 1.29 is 0 Å². The first-order chi connectivity index (χ1) is 5.93. The summed E-state index contributed by atoms with van der Waals surface area (Å²) in [6.45, 7) is 0. The van der Waals surface area contributed by atoms with Crippen LogP contribution in [0.25, 0.3) is 0 Å². The van der Waals surface area contributed by atoms with Crippen molar-refractivity contribution in [1.82, 2.24) is 0 Å². The van der Waals surface area contributed by atoms with Gasteiger partial charge in [0, 0.05) is 0 Å². The molecule has 1 aromatic rings. The summed E-state index contributed by atoms with van der Waals surface area (Å²) in [5.41, 5.74) is 3.19. The van der Waals surface area contributed by atoms with Gasteiger partial charge in [0.05, 0.1) is 0 Å². The lowest BCUT2D eigenvalue weighted by atomic mass is 10.0. The Balaban J connectivity index is 1.93. The highest BCUT2D eigenvalue weighted by molar-refractivity contribution is 5.32. The normalized spacial score (nSPS) is 22.7. The summed E-state index contributed by atoms with van der Waals surface area (Å²) in [6, 6.07) is 9.27. The van der Waals surface area contributed by atoms with Crippen LogP contribution >= 0.6 is 0 Å². The summed E-state index contributed by atoms with van der Waals surface area (Å²) < 4.78 is 0. The lowest BCUT2D eigenvalue weighted by molar-refractivity contribution is 1.07. The van der Waals surface area contributed by atoms with Gasteiger partial charge >= 0.3 is 0 Å². The minimum atomic E-state index is 0.920. The van der Waals surface area contributed by atoms with Gasteiger partial charge in [-0.2, -0.15) is 0 Å². The first-order valence-electron chi connectivity index (χ1n) is 5.03. The highest BCUT2D eigenvalue weighted by Crippen LogP contribution is 2.44. The molecule has 2 aliphatic rings. The van der Waals surface area contributed by atoms with Crippen molar-refractivity contribution in [2.75, 3.05) is 0 Å². The van der Waals surface area contributed by atoms with E-state index in [0.717, 1.165) is 11.8 Å². The van der Waals surface area contributed by atoms with Crippen molar-refractivity contribution in [2.45, 2.75) is 37.5 Å². The molecule has 12 heavy (non-hydrogen) atoms. The van der Waals surface area contributed by atoms with E-state index in [9.17, 15) is 0 Å². The molecular formula is C12H14. The minimum Gasteiger partial charge on any atom is -0.0617 e. The van der Waals surface area contributed by atoms with Crippen LogP contribution in [0, 0.1) is 0 Å². The molecule has 62 valence electrons. The molecule has 2 saturated carbocycles. The maximum absolute atomic E-state index is 2.44. The quantitative estimate of drug-likeness (QED) is 0.618. The van der Waals surface area contributed by atoms with Gasteiger partial charge in [-0.1, -0.05) is 24.3 Å². The summed E-state index contributed by atoms with van der Waals surface area (Å²) in [4.78, 5) is 0. The van der Waals surface area contributed by atoms with E-state index in [1.165, 1.54) is 25.7 Å². The average molecular weight is 158 g/mol. The van der Waals surface area contributed by atoms with Crippen molar-refractivity contribution in [3.63, 3.8) is 0 Å². The Morgan fingerprint density at radius 3 is 1.75 bits per heavy atom. The van der Waals surface area contributed by atoms with Crippen LogP contribution in [0.15, 0.2) is 24.3 Å². The molecule has 0 radical (unpaired) electrons. The molecule has 0 nitrogen and oxygen atoms in total. The molecule has 0 heterocycles. The fourth-order valence-electron chi connectivity index (χ4n) is 1.90. The van der Waals surface area contributed by atoms with E-state index < -0.39 is 0 Å². The molecule has 0 spiro atoms. The molecule has 0 aromatic heterocycles. The van der Waals surface area contributed by atoms with Crippen LogP contribution in [0.5, 0.6) is 0 Å². The summed E-state index contributed by atoms with van der Waals surface area (Å²) in [5, 5.41) is 0. The molecule has 3 rings (SSSR count). The molecule has 2 fully saturated rings. The monoisotopic (exact) mass is 158 g/mol. The van der Waals surface area contributed by atoms with Crippen LogP contribution in [0.2, 0.25) is 0 Å². The van der Waals surface area contributed by atoms with Gasteiger partial charge in [0.15, 0.2) is 0 Å². The van der Waals surface area contributed by atoms with E-state index in [4.69, 9.17) is 0 Å². The summed E-state index contributed by atoms with van der Waals surface area (Å²) in [7, 11) is 0. The molecule has 0 atom stereocenters. The van der Waals surface area contributed by atoms with Crippen LogP contribution in [0.3, 0.4) is 0 Å². The van der Waals surface area contributed by atoms with E-state index in [1.54, 1.807) is 11.1 Å². The van der Waals surface area contributed by atoms with E-state index in [0.29, 0.717) is 0 Å². The minimum absolute atomic E-state index is 0.920. The molecule has 1 aromatic carbocycles. The third kappa shape index (κ3) is 1.16. The van der Waals surface area contributed by atoms with Crippen molar-refractivity contribution in [2.24, 2.45) is 0 Å². The zero-order valence-corrected chi connectivity index (χ0v) is 7.29. The van der Waals surface area contributed by atoms with Crippen molar-refractivity contribution in [3.8, 4) is 0 Å². The summed E-state index contributed by atoms with van der Waals surface area (Å²) in [6.07, 6.45) is 5.70. The average Bonchev–Trinajstić information content (AvgIpc) is 2.98. The lowest BCUT2D eigenvalue weighted by Crippen LogP contribution is -1.83. The molecule has 0 heteroatoms. The smallest absolute Gasteiger partial charge is 0.0161 e. The fourth-order valence-corrected chi connectivity index (χ4v) is 1.90. The molecule has 0 unspecified atom stereocenters. The Kier molecular flexibility index (Phi) is 1.31. The molecule has 0 N–H and O–H groups in total. The van der Waals surface area contributed by atoms with Gasteiger partial charge in [-0.15, -0.1) is 0 Å². The van der Waals surface area contributed by atoms with E-state index in [1.807, 2.05) is 0 Å². The van der Waals surface area contributed by atoms with E-state index >= 15 is 0 Å². The van der Waals surface area contributed by atoms with Gasteiger partial charge < -0.3 is 0 Å². The van der Waals surface area contributed by atoms with Crippen LogP contribution in [0.4, 0.5) is 0 Å². The molecule has 0 aliphatic heterocycles. The van der Waals surface area contributed by atoms with Gasteiger partial charge in [0.25, 0.3) is 0 Å². The Morgan fingerprint density at radius 1 is 0.833 bits per heavy atom. The van der Waals surface area contributed by atoms with E-state index in [-0.39, 0.29) is 0 Å². The number of benzene rings is 1. The van der Waals surface area contributed by atoms with Gasteiger partial charge in [-0.05, 0) is 48.6 Å². The van der Waals surface area contributed by atoms with Crippen LogP contribution < -0.4 is 0 Å². The van der Waals surface area contributed by atoms with Crippen LogP contribution in [-0.4, -0.2) is 0 Å². The van der Waals surface area contributed by atoms with Gasteiger partial charge in [0.2, 0.25) is 0 Å². The summed E-state index contributed by atoms with van der Waals surface area (Å²) in [5.74, 6) is 1.84. The maximum Gasteiger partial charge on any atom is -0.0161 e. The van der Waals surface area contributed by atoms with Gasteiger partial charge in [-0.3, -0.25) is 0 Å². The van der Waals surface area contributed by atoms with Gasteiger partial charge in [-0.25, -0.2) is 0 Å². The largest absolute Gasteiger partial charge is 0.0617 e. The number of rotatable bonds is 2. The zero-order valence-electron chi connectivity index (χ0n) is 7.29. The predicted molar refractivity (Wildman–Crippen MR) is 50.4 cm³/mol. The topological polar surface area (TPSA) is 0 Å². The van der Waals surface area contributed by atoms with Gasteiger partial charge in [0.1, 0.15) is 0 Å². The van der Waals surface area contributed by atoms with Crippen molar-refractivity contribution in [3.05, 3.63) is 35.4 Å². The molecule has 0 saturated heterocycles. The van der Waals surface area contributed by atoms with Crippen molar-refractivity contribution in [1.29, 1.82) is 0 Å². The Bertz CT molecular complexity index is 265. The Labute approximate surface area is 73.6 Å². The molecule has 0 amide bonds. The number of hydrogen-bond donors (Lipinski definition) is 0. The Hall–Kier alpha value is -0.780.